The second-order valence-corrected chi connectivity index (χ2v) is 9.21. The van der Waals surface area contributed by atoms with Crippen molar-refractivity contribution in [3.05, 3.63) is 89.7 Å². The smallest absolute Gasteiger partial charge is 0.261 e. The average Bonchev–Trinajstić information content (AvgIpc) is 2.75. The summed E-state index contributed by atoms with van der Waals surface area (Å²) in [7, 11) is -2.25. The molecule has 0 aliphatic heterocycles. The van der Waals surface area contributed by atoms with E-state index in [2.05, 4.69) is 4.72 Å². The molecule has 3 aromatic carbocycles. The van der Waals surface area contributed by atoms with Crippen molar-refractivity contribution < 1.29 is 17.6 Å². The molecule has 0 spiro atoms. The Morgan fingerprint density at radius 1 is 1.03 bits per heavy atom. The molecule has 0 aliphatic rings. The van der Waals surface area contributed by atoms with Crippen molar-refractivity contribution in [2.75, 3.05) is 18.0 Å². The first-order valence-corrected chi connectivity index (χ1v) is 11.8. The van der Waals surface area contributed by atoms with Gasteiger partial charge in [0.2, 0.25) is 0 Å². The maximum atomic E-state index is 13.0. The third-order valence-electron chi connectivity index (χ3n) is 4.41. The van der Waals surface area contributed by atoms with E-state index in [9.17, 15) is 17.6 Å². The second kappa shape index (κ2) is 9.32. The Bertz CT molecular complexity index is 1130. The largest absolute Gasteiger partial charge is 0.337 e. The van der Waals surface area contributed by atoms with E-state index in [0.717, 1.165) is 10.5 Å². The van der Waals surface area contributed by atoms with Crippen LogP contribution in [0.25, 0.3) is 0 Å². The molecule has 0 aromatic heterocycles. The van der Waals surface area contributed by atoms with Crippen molar-refractivity contribution in [3.63, 3.8) is 0 Å². The Morgan fingerprint density at radius 2 is 1.70 bits per heavy atom. The molecular weight excluding hydrogens is 423 g/mol. The molecule has 156 valence electrons. The molecule has 0 saturated heterocycles. The standard InChI is InChI=1S/C22H21FN2O3S2/c1-25(15-16-6-12-20(29-2)13-7-16)22(26)17-4-3-5-21(14-17)30(27,28)24-19-10-8-18(23)9-11-19/h3-14,24H,15H2,1-2H3. The Kier molecular flexibility index (Phi) is 6.79. The number of anilines is 1. The van der Waals surface area contributed by atoms with Crippen LogP contribution in [0.5, 0.6) is 0 Å². The van der Waals surface area contributed by atoms with E-state index in [0.29, 0.717) is 6.54 Å². The van der Waals surface area contributed by atoms with Crippen LogP contribution in [0, 0.1) is 5.82 Å². The van der Waals surface area contributed by atoms with Gasteiger partial charge in [-0.15, -0.1) is 11.8 Å². The molecule has 0 aliphatic carbocycles. The quantitative estimate of drug-likeness (QED) is 0.540. The molecular formula is C22H21FN2O3S2. The first-order chi connectivity index (χ1) is 14.3. The Hall–Kier alpha value is -2.84. The van der Waals surface area contributed by atoms with Crippen LogP contribution in [-0.4, -0.2) is 32.5 Å². The molecule has 0 atom stereocenters. The highest BCUT2D eigenvalue weighted by molar-refractivity contribution is 7.98. The van der Waals surface area contributed by atoms with Crippen molar-refractivity contribution in [3.8, 4) is 0 Å². The molecule has 0 bridgehead atoms. The van der Waals surface area contributed by atoms with Gasteiger partial charge in [-0.2, -0.15) is 0 Å². The van der Waals surface area contributed by atoms with Crippen molar-refractivity contribution >= 4 is 33.4 Å². The van der Waals surface area contributed by atoms with Gasteiger partial charge in [0.25, 0.3) is 15.9 Å². The van der Waals surface area contributed by atoms with E-state index in [1.807, 2.05) is 30.5 Å². The Labute approximate surface area is 180 Å². The Balaban J connectivity index is 1.75. The lowest BCUT2D eigenvalue weighted by atomic mass is 10.1. The highest BCUT2D eigenvalue weighted by Crippen LogP contribution is 2.19. The number of amides is 1. The second-order valence-electron chi connectivity index (χ2n) is 6.65. The molecule has 0 heterocycles. The SMILES string of the molecule is CSc1ccc(CN(C)C(=O)c2cccc(S(=O)(=O)Nc3ccc(F)cc3)c2)cc1. The van der Waals surface area contributed by atoms with E-state index in [1.54, 1.807) is 24.9 Å². The third kappa shape index (κ3) is 5.40. The number of carbonyl (C=O) groups excluding carboxylic acids is 1. The van der Waals surface area contributed by atoms with Gasteiger partial charge in [-0.3, -0.25) is 9.52 Å². The van der Waals surface area contributed by atoms with Crippen molar-refractivity contribution in [1.29, 1.82) is 0 Å². The monoisotopic (exact) mass is 444 g/mol. The molecule has 8 heteroatoms. The van der Waals surface area contributed by atoms with Gasteiger partial charge in [-0.25, -0.2) is 12.8 Å². The third-order valence-corrected chi connectivity index (χ3v) is 6.54. The summed E-state index contributed by atoms with van der Waals surface area (Å²) in [5.41, 5.74) is 1.48. The summed E-state index contributed by atoms with van der Waals surface area (Å²) in [5, 5.41) is 0. The zero-order chi connectivity index (χ0) is 21.7. The molecule has 3 aromatic rings. The van der Waals surface area contributed by atoms with Crippen LogP contribution in [0.2, 0.25) is 0 Å². The molecule has 5 nitrogen and oxygen atoms in total. The maximum Gasteiger partial charge on any atom is 0.261 e. The number of benzene rings is 3. The first-order valence-electron chi connectivity index (χ1n) is 9.05. The van der Waals surface area contributed by atoms with Crippen LogP contribution in [0.4, 0.5) is 10.1 Å². The lowest BCUT2D eigenvalue weighted by Gasteiger charge is -2.18. The zero-order valence-electron chi connectivity index (χ0n) is 16.5. The fourth-order valence-electron chi connectivity index (χ4n) is 2.83. The topological polar surface area (TPSA) is 66.5 Å². The minimum Gasteiger partial charge on any atom is -0.337 e. The van der Waals surface area contributed by atoms with Gasteiger partial charge in [0.1, 0.15) is 5.82 Å². The lowest BCUT2D eigenvalue weighted by molar-refractivity contribution is 0.0785. The van der Waals surface area contributed by atoms with Crippen LogP contribution in [0.1, 0.15) is 15.9 Å². The zero-order valence-corrected chi connectivity index (χ0v) is 18.1. The maximum absolute atomic E-state index is 13.0. The number of sulfonamides is 1. The average molecular weight is 445 g/mol. The summed E-state index contributed by atoms with van der Waals surface area (Å²) in [6.45, 7) is 0.401. The highest BCUT2D eigenvalue weighted by Gasteiger charge is 2.18. The van der Waals surface area contributed by atoms with Crippen LogP contribution >= 0.6 is 11.8 Å². The molecule has 1 N–H and O–H groups in total. The van der Waals surface area contributed by atoms with E-state index in [4.69, 9.17) is 0 Å². The van der Waals surface area contributed by atoms with E-state index in [1.165, 1.54) is 47.4 Å². The number of carbonyl (C=O) groups is 1. The molecule has 0 radical (unpaired) electrons. The number of hydrogen-bond acceptors (Lipinski definition) is 4. The predicted octanol–water partition coefficient (Wildman–Crippen LogP) is 4.62. The minimum atomic E-state index is -3.92. The minimum absolute atomic E-state index is 0.0459. The number of hydrogen-bond donors (Lipinski definition) is 1. The van der Waals surface area contributed by atoms with Gasteiger partial charge in [0.05, 0.1) is 4.90 Å². The number of rotatable bonds is 7. The molecule has 0 saturated carbocycles. The molecule has 30 heavy (non-hydrogen) atoms. The predicted molar refractivity (Wildman–Crippen MR) is 118 cm³/mol. The summed E-state index contributed by atoms with van der Waals surface area (Å²) < 4.78 is 40.7. The van der Waals surface area contributed by atoms with Gasteiger partial charge >= 0.3 is 0 Å². The van der Waals surface area contributed by atoms with Gasteiger partial charge in [-0.05, 0) is 66.4 Å². The normalized spacial score (nSPS) is 11.2. The lowest BCUT2D eigenvalue weighted by Crippen LogP contribution is -2.26. The number of nitrogens with zero attached hydrogens (tertiary/aromatic N) is 1. The van der Waals surface area contributed by atoms with Gasteiger partial charge < -0.3 is 4.90 Å². The van der Waals surface area contributed by atoms with Crippen molar-refractivity contribution in [2.24, 2.45) is 0 Å². The molecule has 0 unspecified atom stereocenters. The molecule has 3 rings (SSSR count). The van der Waals surface area contributed by atoms with Crippen molar-refractivity contribution in [2.45, 2.75) is 16.3 Å². The van der Waals surface area contributed by atoms with Crippen LogP contribution in [-0.2, 0) is 16.6 Å². The fraction of sp³-hybridized carbons (Fsp3) is 0.136. The Morgan fingerprint density at radius 3 is 2.33 bits per heavy atom. The van der Waals surface area contributed by atoms with Crippen LogP contribution < -0.4 is 4.72 Å². The fourth-order valence-corrected chi connectivity index (χ4v) is 4.34. The number of thioether (sulfide) groups is 1. The highest BCUT2D eigenvalue weighted by atomic mass is 32.2. The van der Waals surface area contributed by atoms with Crippen LogP contribution in [0.15, 0.2) is 82.6 Å². The van der Waals surface area contributed by atoms with E-state index in [-0.39, 0.29) is 22.1 Å². The van der Waals surface area contributed by atoms with Crippen molar-refractivity contribution in [1.82, 2.24) is 4.90 Å². The van der Waals surface area contributed by atoms with Gasteiger partial charge in [0.15, 0.2) is 0 Å². The van der Waals surface area contributed by atoms with E-state index >= 15 is 0 Å². The summed E-state index contributed by atoms with van der Waals surface area (Å²) in [6, 6.07) is 18.7. The summed E-state index contributed by atoms with van der Waals surface area (Å²) in [6.07, 6.45) is 2.00. The first kappa shape index (κ1) is 21.9. The van der Waals surface area contributed by atoms with Gasteiger partial charge in [-0.1, -0.05) is 18.2 Å². The molecule has 0 fully saturated rings. The summed E-state index contributed by atoms with van der Waals surface area (Å²) in [4.78, 5) is 15.4. The number of nitrogens with one attached hydrogen (secondary N) is 1. The summed E-state index contributed by atoms with van der Waals surface area (Å²) >= 11 is 1.64. The molecule has 1 amide bonds. The number of halogens is 1. The van der Waals surface area contributed by atoms with Gasteiger partial charge in [0, 0.05) is 29.7 Å². The van der Waals surface area contributed by atoms with E-state index < -0.39 is 15.8 Å². The van der Waals surface area contributed by atoms with Crippen LogP contribution in [0.3, 0.4) is 0 Å². The summed E-state index contributed by atoms with van der Waals surface area (Å²) in [5.74, 6) is -0.751.